The Morgan fingerprint density at radius 2 is 2.24 bits per heavy atom. The van der Waals surface area contributed by atoms with Crippen LogP contribution in [-0.4, -0.2) is 15.5 Å². The first kappa shape index (κ1) is 11.9. The molecule has 1 aromatic carbocycles. The number of hydrogen-bond acceptors (Lipinski definition) is 2. The van der Waals surface area contributed by atoms with Gasteiger partial charge in [-0.05, 0) is 11.6 Å². The highest BCUT2D eigenvalue weighted by Gasteiger charge is 2.11. The number of carbonyl (C=O) groups is 1. The van der Waals surface area contributed by atoms with Gasteiger partial charge in [-0.3, -0.25) is 4.79 Å². The number of amides is 1. The molecule has 0 saturated heterocycles. The molecule has 5 heteroatoms. The molecule has 17 heavy (non-hydrogen) atoms. The highest BCUT2D eigenvalue weighted by Crippen LogP contribution is 2.18. The van der Waals surface area contributed by atoms with Crippen LogP contribution in [0.2, 0.25) is 0 Å². The molecular formula is C12H12BrN3O. The van der Waals surface area contributed by atoms with E-state index in [-0.39, 0.29) is 5.91 Å². The molecule has 0 spiro atoms. The van der Waals surface area contributed by atoms with Crippen LogP contribution in [0.4, 0.5) is 5.69 Å². The number of aromatic nitrogens is 2. The van der Waals surface area contributed by atoms with Crippen molar-refractivity contribution in [3.05, 3.63) is 48.0 Å². The van der Waals surface area contributed by atoms with Crippen LogP contribution in [-0.2, 0) is 12.4 Å². The van der Waals surface area contributed by atoms with Crippen LogP contribution in [0.1, 0.15) is 16.1 Å². The summed E-state index contributed by atoms with van der Waals surface area (Å²) in [6.45, 7) is 0. The molecule has 1 heterocycles. The molecule has 1 N–H and O–H groups in total. The van der Waals surface area contributed by atoms with Gasteiger partial charge in [0, 0.05) is 18.1 Å². The second-order valence-electron chi connectivity index (χ2n) is 3.63. The summed E-state index contributed by atoms with van der Waals surface area (Å²) in [5.41, 5.74) is 2.40. The number of imidazole rings is 1. The van der Waals surface area contributed by atoms with E-state index in [1.807, 2.05) is 24.3 Å². The Hall–Kier alpha value is -1.62. The summed E-state index contributed by atoms with van der Waals surface area (Å²) in [4.78, 5) is 15.9. The maximum absolute atomic E-state index is 12.0. The molecule has 2 aromatic rings. The number of alkyl halides is 1. The monoisotopic (exact) mass is 293 g/mol. The minimum absolute atomic E-state index is 0.154. The number of nitrogens with zero attached hydrogens (tertiary/aromatic N) is 2. The van der Waals surface area contributed by atoms with Crippen LogP contribution in [0.3, 0.4) is 0 Å². The van der Waals surface area contributed by atoms with Crippen molar-refractivity contribution in [3.8, 4) is 0 Å². The van der Waals surface area contributed by atoms with Gasteiger partial charge in [0.1, 0.15) is 5.69 Å². The first-order valence-electron chi connectivity index (χ1n) is 5.14. The number of nitrogens with one attached hydrogen (secondary N) is 1. The van der Waals surface area contributed by atoms with Crippen molar-refractivity contribution in [1.82, 2.24) is 9.55 Å². The first-order valence-corrected chi connectivity index (χ1v) is 6.26. The zero-order valence-electron chi connectivity index (χ0n) is 9.35. The van der Waals surface area contributed by atoms with Gasteiger partial charge >= 0.3 is 0 Å². The average molecular weight is 294 g/mol. The highest BCUT2D eigenvalue weighted by atomic mass is 79.9. The second-order valence-corrected chi connectivity index (χ2v) is 4.20. The Balaban J connectivity index is 2.22. The third-order valence-electron chi connectivity index (χ3n) is 2.46. The van der Waals surface area contributed by atoms with Gasteiger partial charge < -0.3 is 9.88 Å². The van der Waals surface area contributed by atoms with Crippen LogP contribution in [0, 0.1) is 0 Å². The second kappa shape index (κ2) is 5.14. The molecule has 0 fully saturated rings. The number of aryl methyl sites for hydroxylation is 1. The van der Waals surface area contributed by atoms with E-state index < -0.39 is 0 Å². The lowest BCUT2D eigenvalue weighted by Crippen LogP contribution is -2.16. The minimum atomic E-state index is -0.154. The Morgan fingerprint density at radius 3 is 2.88 bits per heavy atom. The Morgan fingerprint density at radius 1 is 1.47 bits per heavy atom. The van der Waals surface area contributed by atoms with E-state index in [1.54, 1.807) is 24.1 Å². The summed E-state index contributed by atoms with van der Waals surface area (Å²) < 4.78 is 1.69. The number of anilines is 1. The molecule has 1 aromatic heterocycles. The largest absolute Gasteiger partial charge is 0.330 e. The van der Waals surface area contributed by atoms with Gasteiger partial charge in [0.15, 0.2) is 0 Å². The smallest absolute Gasteiger partial charge is 0.273 e. The molecule has 0 aliphatic heterocycles. The van der Waals surface area contributed by atoms with Crippen molar-refractivity contribution < 1.29 is 4.79 Å². The number of halogens is 1. The number of carbonyl (C=O) groups excluding carboxylic acids is 1. The quantitative estimate of drug-likeness (QED) is 0.884. The number of hydrogen-bond donors (Lipinski definition) is 1. The van der Waals surface area contributed by atoms with E-state index >= 15 is 0 Å². The average Bonchev–Trinajstić information content (AvgIpc) is 2.76. The van der Waals surface area contributed by atoms with Gasteiger partial charge in [0.2, 0.25) is 0 Å². The van der Waals surface area contributed by atoms with Crippen molar-refractivity contribution in [1.29, 1.82) is 0 Å². The van der Waals surface area contributed by atoms with E-state index in [9.17, 15) is 4.79 Å². The normalized spacial score (nSPS) is 10.2. The molecule has 0 radical (unpaired) electrons. The number of rotatable bonds is 3. The summed E-state index contributed by atoms with van der Waals surface area (Å²) in [7, 11) is 1.79. The lowest BCUT2D eigenvalue weighted by atomic mass is 10.2. The highest BCUT2D eigenvalue weighted by molar-refractivity contribution is 9.08. The van der Waals surface area contributed by atoms with Crippen molar-refractivity contribution in [3.63, 3.8) is 0 Å². The standard InChI is InChI=1S/C12H12BrN3O/c1-16-8-14-7-11(16)12(17)15-10-5-3-2-4-9(10)6-13/h2-5,7-8H,6H2,1H3,(H,15,17). The fourth-order valence-electron chi connectivity index (χ4n) is 1.52. The lowest BCUT2D eigenvalue weighted by Gasteiger charge is -2.09. The van der Waals surface area contributed by atoms with E-state index in [4.69, 9.17) is 0 Å². The van der Waals surface area contributed by atoms with E-state index in [0.29, 0.717) is 11.0 Å². The molecule has 2 rings (SSSR count). The molecule has 0 unspecified atom stereocenters. The van der Waals surface area contributed by atoms with Crippen molar-refractivity contribution in [2.45, 2.75) is 5.33 Å². The molecular weight excluding hydrogens is 282 g/mol. The molecule has 88 valence electrons. The topological polar surface area (TPSA) is 46.9 Å². The zero-order chi connectivity index (χ0) is 12.3. The van der Waals surface area contributed by atoms with Gasteiger partial charge in [0.05, 0.1) is 12.5 Å². The van der Waals surface area contributed by atoms with E-state index in [2.05, 4.69) is 26.2 Å². The predicted octanol–water partition coefficient (Wildman–Crippen LogP) is 2.57. The van der Waals surface area contributed by atoms with E-state index in [0.717, 1.165) is 11.3 Å². The van der Waals surface area contributed by atoms with Crippen molar-refractivity contribution in [2.24, 2.45) is 7.05 Å². The molecule has 4 nitrogen and oxygen atoms in total. The number of para-hydroxylation sites is 1. The van der Waals surface area contributed by atoms with Crippen LogP contribution < -0.4 is 5.32 Å². The first-order chi connectivity index (χ1) is 8.22. The van der Waals surface area contributed by atoms with Gasteiger partial charge in [0.25, 0.3) is 5.91 Å². The fraction of sp³-hybridized carbons (Fsp3) is 0.167. The third kappa shape index (κ3) is 2.55. The van der Waals surface area contributed by atoms with Crippen LogP contribution >= 0.6 is 15.9 Å². The van der Waals surface area contributed by atoms with Crippen LogP contribution in [0.5, 0.6) is 0 Å². The van der Waals surface area contributed by atoms with Gasteiger partial charge in [-0.15, -0.1) is 0 Å². The SMILES string of the molecule is Cn1cncc1C(=O)Nc1ccccc1CBr. The predicted molar refractivity (Wildman–Crippen MR) is 70.2 cm³/mol. The Kier molecular flexibility index (Phi) is 3.58. The third-order valence-corrected chi connectivity index (χ3v) is 3.06. The maximum atomic E-state index is 12.0. The summed E-state index contributed by atoms with van der Waals surface area (Å²) in [6, 6.07) is 7.68. The van der Waals surface area contributed by atoms with Crippen LogP contribution in [0.25, 0.3) is 0 Å². The molecule has 0 bridgehead atoms. The van der Waals surface area contributed by atoms with E-state index in [1.165, 1.54) is 0 Å². The van der Waals surface area contributed by atoms with Crippen LogP contribution in [0.15, 0.2) is 36.8 Å². The van der Waals surface area contributed by atoms with Gasteiger partial charge in [-0.25, -0.2) is 4.98 Å². The molecule has 0 saturated carbocycles. The number of benzene rings is 1. The maximum Gasteiger partial charge on any atom is 0.273 e. The summed E-state index contributed by atoms with van der Waals surface area (Å²) in [6.07, 6.45) is 3.15. The lowest BCUT2D eigenvalue weighted by molar-refractivity contribution is 0.101. The molecule has 0 aliphatic rings. The van der Waals surface area contributed by atoms with Crippen molar-refractivity contribution >= 4 is 27.5 Å². The summed E-state index contributed by atoms with van der Waals surface area (Å²) >= 11 is 3.39. The zero-order valence-corrected chi connectivity index (χ0v) is 10.9. The van der Waals surface area contributed by atoms with Gasteiger partial charge in [-0.1, -0.05) is 34.1 Å². The fourth-order valence-corrected chi connectivity index (χ4v) is 2.01. The molecule has 0 aliphatic carbocycles. The Bertz CT molecular complexity index is 536. The summed E-state index contributed by atoms with van der Waals surface area (Å²) in [5, 5.41) is 3.58. The minimum Gasteiger partial charge on any atom is -0.330 e. The van der Waals surface area contributed by atoms with Crippen molar-refractivity contribution in [2.75, 3.05) is 5.32 Å². The Labute approximate surface area is 108 Å². The molecule has 0 atom stereocenters. The summed E-state index contributed by atoms with van der Waals surface area (Å²) in [5.74, 6) is -0.154. The molecule has 1 amide bonds. The van der Waals surface area contributed by atoms with Gasteiger partial charge in [-0.2, -0.15) is 0 Å².